The zero-order valence-electron chi connectivity index (χ0n) is 12.5. The molecular formula is C15H10F6N2O2. The molecule has 1 heterocycles. The number of aromatic nitrogens is 1. The molecule has 4 nitrogen and oxygen atoms in total. The maximum atomic E-state index is 13.9. The summed E-state index contributed by atoms with van der Waals surface area (Å²) < 4.78 is 82.0. The molecule has 0 unspecified atom stereocenters. The number of hydrogen-bond donors (Lipinski definition) is 1. The van der Waals surface area contributed by atoms with Crippen molar-refractivity contribution in [3.63, 3.8) is 0 Å². The van der Waals surface area contributed by atoms with Gasteiger partial charge in [0.05, 0.1) is 12.7 Å². The van der Waals surface area contributed by atoms with Crippen LogP contribution in [0.2, 0.25) is 0 Å². The molecule has 25 heavy (non-hydrogen) atoms. The van der Waals surface area contributed by atoms with Crippen molar-refractivity contribution in [3.05, 3.63) is 53.5 Å². The van der Waals surface area contributed by atoms with Crippen molar-refractivity contribution in [2.45, 2.75) is 12.1 Å². The second-order valence-electron chi connectivity index (χ2n) is 4.81. The maximum absolute atomic E-state index is 13.9. The summed E-state index contributed by atoms with van der Waals surface area (Å²) in [6.45, 7) is 0. The van der Waals surface area contributed by atoms with Crippen LogP contribution in [0.25, 0.3) is 0 Å². The summed E-state index contributed by atoms with van der Waals surface area (Å²) in [6, 6.07) is 3.54. The van der Waals surface area contributed by atoms with Crippen molar-refractivity contribution in [2.24, 2.45) is 0 Å². The van der Waals surface area contributed by atoms with Crippen LogP contribution in [-0.2, 0) is 5.92 Å². The molecule has 1 amide bonds. The standard InChI is InChI=1S/C15H10F6N2O2/c1-25-12-7-9(4-5-22-12)23-13(24)10-3-2-8(6-11(10)16)14(17,18)15(19,20)21/h2-7H,1H3,(H,22,23,24). The number of methoxy groups -OCH3 is 1. The SMILES string of the molecule is COc1cc(NC(=O)c2ccc(C(F)(F)C(F)(F)F)cc2F)ccn1. The first-order valence-corrected chi connectivity index (χ1v) is 6.62. The number of nitrogens with zero attached hydrogens (tertiary/aromatic N) is 1. The van der Waals surface area contributed by atoms with E-state index in [-0.39, 0.29) is 17.6 Å². The van der Waals surface area contributed by atoms with E-state index in [1.165, 1.54) is 25.4 Å². The fraction of sp³-hybridized carbons (Fsp3) is 0.200. The summed E-state index contributed by atoms with van der Waals surface area (Å²) in [4.78, 5) is 15.7. The van der Waals surface area contributed by atoms with Gasteiger partial charge in [0.25, 0.3) is 5.91 Å². The Kier molecular flexibility index (Phi) is 4.91. The fourth-order valence-corrected chi connectivity index (χ4v) is 1.86. The average molecular weight is 364 g/mol. The van der Waals surface area contributed by atoms with Gasteiger partial charge in [0, 0.05) is 23.5 Å². The van der Waals surface area contributed by atoms with Crippen LogP contribution in [0.5, 0.6) is 5.88 Å². The number of carbonyl (C=O) groups excluding carboxylic acids is 1. The van der Waals surface area contributed by atoms with Gasteiger partial charge in [-0.15, -0.1) is 0 Å². The Morgan fingerprint density at radius 2 is 1.80 bits per heavy atom. The van der Waals surface area contributed by atoms with Crippen LogP contribution in [0.4, 0.5) is 32.0 Å². The number of benzene rings is 1. The summed E-state index contributed by atoms with van der Waals surface area (Å²) >= 11 is 0. The molecule has 0 spiro atoms. The van der Waals surface area contributed by atoms with Crippen LogP contribution in [-0.4, -0.2) is 24.2 Å². The lowest BCUT2D eigenvalue weighted by atomic mass is 10.0. The minimum atomic E-state index is -5.88. The summed E-state index contributed by atoms with van der Waals surface area (Å²) in [5.74, 6) is -7.63. The predicted molar refractivity (Wildman–Crippen MR) is 75.1 cm³/mol. The zero-order chi connectivity index (χ0) is 18.8. The number of amides is 1. The van der Waals surface area contributed by atoms with E-state index >= 15 is 0 Å². The molecule has 1 aromatic carbocycles. The van der Waals surface area contributed by atoms with E-state index in [4.69, 9.17) is 4.74 Å². The van der Waals surface area contributed by atoms with E-state index in [0.29, 0.717) is 12.1 Å². The minimum absolute atomic E-state index is 0.0183. The number of nitrogens with one attached hydrogen (secondary N) is 1. The van der Waals surface area contributed by atoms with Crippen LogP contribution >= 0.6 is 0 Å². The summed E-state index contributed by atoms with van der Waals surface area (Å²) in [6.07, 6.45) is -4.59. The molecule has 0 saturated heterocycles. The monoisotopic (exact) mass is 364 g/mol. The highest BCUT2D eigenvalue weighted by molar-refractivity contribution is 6.04. The second kappa shape index (κ2) is 6.61. The molecule has 0 saturated carbocycles. The minimum Gasteiger partial charge on any atom is -0.481 e. The number of alkyl halides is 5. The third-order valence-electron chi connectivity index (χ3n) is 3.13. The van der Waals surface area contributed by atoms with Gasteiger partial charge in [-0.3, -0.25) is 4.79 Å². The third-order valence-corrected chi connectivity index (χ3v) is 3.13. The molecule has 0 bridgehead atoms. The first kappa shape index (κ1) is 18.6. The highest BCUT2D eigenvalue weighted by Crippen LogP contribution is 2.44. The van der Waals surface area contributed by atoms with E-state index in [1.54, 1.807) is 0 Å². The third kappa shape index (κ3) is 3.83. The highest BCUT2D eigenvalue weighted by Gasteiger charge is 2.58. The summed E-state index contributed by atoms with van der Waals surface area (Å²) in [7, 11) is 1.33. The molecule has 0 aliphatic rings. The predicted octanol–water partition coefficient (Wildman–Crippen LogP) is 4.14. The van der Waals surface area contributed by atoms with Crippen molar-refractivity contribution in [2.75, 3.05) is 12.4 Å². The number of hydrogen-bond acceptors (Lipinski definition) is 3. The topological polar surface area (TPSA) is 51.2 Å². The first-order valence-electron chi connectivity index (χ1n) is 6.62. The van der Waals surface area contributed by atoms with Gasteiger partial charge in [0.2, 0.25) is 5.88 Å². The summed E-state index contributed by atoms with van der Waals surface area (Å²) in [5, 5.41) is 2.25. The Labute approximate surface area is 137 Å². The second-order valence-corrected chi connectivity index (χ2v) is 4.81. The van der Waals surface area contributed by atoms with E-state index in [9.17, 15) is 31.1 Å². The first-order chi connectivity index (χ1) is 11.6. The highest BCUT2D eigenvalue weighted by atomic mass is 19.4. The van der Waals surface area contributed by atoms with Gasteiger partial charge in [0.1, 0.15) is 5.82 Å². The molecule has 1 N–H and O–H groups in total. The Hall–Kier alpha value is -2.78. The van der Waals surface area contributed by atoms with Gasteiger partial charge >= 0.3 is 12.1 Å². The molecule has 2 rings (SSSR count). The van der Waals surface area contributed by atoms with Crippen LogP contribution < -0.4 is 10.1 Å². The molecule has 0 aliphatic heterocycles. The normalized spacial score (nSPS) is 12.0. The molecule has 0 fully saturated rings. The largest absolute Gasteiger partial charge is 0.481 e. The Bertz CT molecular complexity index is 792. The van der Waals surface area contributed by atoms with E-state index < -0.39 is 35.0 Å². The summed E-state index contributed by atoms with van der Waals surface area (Å²) in [5.41, 5.74) is -2.13. The van der Waals surface area contributed by atoms with Gasteiger partial charge in [-0.25, -0.2) is 9.37 Å². The number of carbonyl (C=O) groups is 1. The van der Waals surface area contributed by atoms with Crippen molar-refractivity contribution < 1.29 is 35.9 Å². The van der Waals surface area contributed by atoms with E-state index in [2.05, 4.69) is 10.3 Å². The van der Waals surface area contributed by atoms with Crippen molar-refractivity contribution in [1.82, 2.24) is 4.98 Å². The lowest BCUT2D eigenvalue weighted by molar-refractivity contribution is -0.289. The Balaban J connectivity index is 2.27. The van der Waals surface area contributed by atoms with E-state index in [0.717, 1.165) is 0 Å². The van der Waals surface area contributed by atoms with Crippen molar-refractivity contribution >= 4 is 11.6 Å². The Morgan fingerprint density at radius 3 is 2.36 bits per heavy atom. The molecule has 134 valence electrons. The van der Waals surface area contributed by atoms with Gasteiger partial charge in [-0.05, 0) is 18.2 Å². The van der Waals surface area contributed by atoms with Crippen LogP contribution in [0.3, 0.4) is 0 Å². The molecule has 0 radical (unpaired) electrons. The van der Waals surface area contributed by atoms with Gasteiger partial charge in [-0.1, -0.05) is 6.07 Å². The van der Waals surface area contributed by atoms with Gasteiger partial charge in [0.15, 0.2) is 0 Å². The average Bonchev–Trinajstić information content (AvgIpc) is 2.53. The molecule has 0 atom stereocenters. The molecule has 10 heteroatoms. The number of ether oxygens (including phenoxy) is 1. The quantitative estimate of drug-likeness (QED) is 0.830. The fourth-order valence-electron chi connectivity index (χ4n) is 1.86. The van der Waals surface area contributed by atoms with Crippen LogP contribution in [0.1, 0.15) is 15.9 Å². The van der Waals surface area contributed by atoms with Crippen molar-refractivity contribution in [1.29, 1.82) is 0 Å². The molecule has 2 aromatic rings. The Morgan fingerprint density at radius 1 is 1.12 bits per heavy atom. The smallest absolute Gasteiger partial charge is 0.458 e. The number of pyridine rings is 1. The molecule has 0 aliphatic carbocycles. The van der Waals surface area contributed by atoms with Crippen LogP contribution in [0.15, 0.2) is 36.5 Å². The maximum Gasteiger partial charge on any atom is 0.458 e. The van der Waals surface area contributed by atoms with Gasteiger partial charge < -0.3 is 10.1 Å². The zero-order valence-corrected chi connectivity index (χ0v) is 12.5. The lowest BCUT2D eigenvalue weighted by Crippen LogP contribution is -2.33. The van der Waals surface area contributed by atoms with Crippen LogP contribution in [0, 0.1) is 5.82 Å². The lowest BCUT2D eigenvalue weighted by Gasteiger charge is -2.20. The number of anilines is 1. The van der Waals surface area contributed by atoms with Gasteiger partial charge in [-0.2, -0.15) is 22.0 Å². The number of halogens is 6. The van der Waals surface area contributed by atoms with Crippen molar-refractivity contribution in [3.8, 4) is 5.88 Å². The molecular weight excluding hydrogens is 354 g/mol. The van der Waals surface area contributed by atoms with E-state index in [1.807, 2.05) is 0 Å². The number of rotatable bonds is 4. The molecule has 1 aromatic heterocycles.